The van der Waals surface area contributed by atoms with Crippen LogP contribution in [0.4, 0.5) is 0 Å². The summed E-state index contributed by atoms with van der Waals surface area (Å²) >= 11 is 1.39. The molecule has 1 N–H and O–H groups in total. The van der Waals surface area contributed by atoms with Gasteiger partial charge in [0.05, 0.1) is 12.0 Å². The van der Waals surface area contributed by atoms with Crippen molar-refractivity contribution in [3.8, 4) is 5.75 Å². The predicted octanol–water partition coefficient (Wildman–Crippen LogP) is 4.82. The molecule has 1 atom stereocenters. The second-order valence-electron chi connectivity index (χ2n) is 8.05. The number of carbonyl (C=O) groups excluding carboxylic acids is 2. The summed E-state index contributed by atoms with van der Waals surface area (Å²) in [5, 5.41) is 5.12. The van der Waals surface area contributed by atoms with E-state index in [1.807, 2.05) is 48.7 Å². The fraction of sp³-hybridized carbons (Fsp3) is 0.520. The highest BCUT2D eigenvalue weighted by molar-refractivity contribution is 7.12. The van der Waals surface area contributed by atoms with Crippen LogP contribution in [0.5, 0.6) is 5.75 Å². The van der Waals surface area contributed by atoms with Crippen LogP contribution in [0.25, 0.3) is 0 Å². The molecule has 0 radical (unpaired) electrons. The van der Waals surface area contributed by atoms with Crippen molar-refractivity contribution in [1.82, 2.24) is 10.2 Å². The van der Waals surface area contributed by atoms with Gasteiger partial charge in [0.2, 0.25) is 5.91 Å². The fourth-order valence-electron chi connectivity index (χ4n) is 4.16. The number of methoxy groups -OCH3 is 1. The fourth-order valence-corrected chi connectivity index (χ4v) is 4.84. The third-order valence-corrected chi connectivity index (χ3v) is 6.69. The summed E-state index contributed by atoms with van der Waals surface area (Å²) in [6, 6.07) is 10.6. The Morgan fingerprint density at radius 2 is 1.91 bits per heavy atom. The average Bonchev–Trinajstić information content (AvgIpc) is 3.36. The Bertz CT molecular complexity index is 832. The zero-order valence-electron chi connectivity index (χ0n) is 19.0. The SMILES string of the molecule is CCOCCCN(C(=O)c1cccs1)[C@H](C(=O)NC1CCCCC1)c1ccc(OC)cc1. The van der Waals surface area contributed by atoms with Gasteiger partial charge in [-0.15, -0.1) is 11.3 Å². The molecule has 2 aromatic rings. The maximum Gasteiger partial charge on any atom is 0.264 e. The molecule has 1 aliphatic rings. The first-order valence-corrected chi connectivity index (χ1v) is 12.4. The Hall–Kier alpha value is -2.38. The van der Waals surface area contributed by atoms with E-state index in [1.165, 1.54) is 17.8 Å². The first kappa shape index (κ1) is 24.3. The number of hydrogen-bond donors (Lipinski definition) is 1. The highest BCUT2D eigenvalue weighted by Gasteiger charge is 2.33. The van der Waals surface area contributed by atoms with E-state index >= 15 is 0 Å². The van der Waals surface area contributed by atoms with Crippen molar-refractivity contribution in [2.45, 2.75) is 57.5 Å². The first-order chi connectivity index (χ1) is 15.6. The summed E-state index contributed by atoms with van der Waals surface area (Å²) in [6.45, 7) is 3.56. The minimum absolute atomic E-state index is 0.122. The number of ether oxygens (including phenoxy) is 2. The summed E-state index contributed by atoms with van der Waals surface area (Å²) < 4.78 is 10.8. The summed E-state index contributed by atoms with van der Waals surface area (Å²) in [4.78, 5) is 29.4. The maximum absolute atomic E-state index is 13.6. The summed E-state index contributed by atoms with van der Waals surface area (Å²) in [5.41, 5.74) is 0.778. The number of carbonyl (C=O) groups is 2. The molecule has 32 heavy (non-hydrogen) atoms. The molecule has 7 heteroatoms. The second-order valence-corrected chi connectivity index (χ2v) is 8.99. The van der Waals surface area contributed by atoms with E-state index in [4.69, 9.17) is 9.47 Å². The number of benzene rings is 1. The van der Waals surface area contributed by atoms with Crippen molar-refractivity contribution in [3.05, 3.63) is 52.2 Å². The molecule has 1 heterocycles. The topological polar surface area (TPSA) is 67.9 Å². The van der Waals surface area contributed by atoms with Gasteiger partial charge in [-0.1, -0.05) is 37.5 Å². The predicted molar refractivity (Wildman–Crippen MR) is 127 cm³/mol. The van der Waals surface area contributed by atoms with Crippen LogP contribution in [0.2, 0.25) is 0 Å². The average molecular weight is 459 g/mol. The van der Waals surface area contributed by atoms with E-state index in [2.05, 4.69) is 5.32 Å². The zero-order valence-corrected chi connectivity index (χ0v) is 19.9. The third-order valence-electron chi connectivity index (χ3n) is 5.83. The van der Waals surface area contributed by atoms with E-state index in [0.717, 1.165) is 31.2 Å². The van der Waals surface area contributed by atoms with Crippen LogP contribution in [-0.4, -0.2) is 49.6 Å². The normalized spacial score (nSPS) is 15.2. The summed E-state index contributed by atoms with van der Waals surface area (Å²) in [7, 11) is 1.61. The molecule has 1 aliphatic carbocycles. The highest BCUT2D eigenvalue weighted by Crippen LogP contribution is 2.28. The maximum atomic E-state index is 13.6. The lowest BCUT2D eigenvalue weighted by molar-refractivity contribution is -0.127. The van der Waals surface area contributed by atoms with Crippen molar-refractivity contribution in [2.75, 3.05) is 26.9 Å². The molecule has 0 unspecified atom stereocenters. The number of amides is 2. The molecule has 1 fully saturated rings. The van der Waals surface area contributed by atoms with Crippen molar-refractivity contribution in [2.24, 2.45) is 0 Å². The van der Waals surface area contributed by atoms with Gasteiger partial charge in [-0.25, -0.2) is 0 Å². The molecule has 174 valence electrons. The molecule has 2 amide bonds. The number of hydrogen-bond acceptors (Lipinski definition) is 5. The molecular weight excluding hydrogens is 424 g/mol. The highest BCUT2D eigenvalue weighted by atomic mass is 32.1. The molecule has 1 saturated carbocycles. The lowest BCUT2D eigenvalue weighted by Crippen LogP contribution is -2.47. The van der Waals surface area contributed by atoms with E-state index in [9.17, 15) is 9.59 Å². The van der Waals surface area contributed by atoms with Crippen LogP contribution < -0.4 is 10.1 Å². The van der Waals surface area contributed by atoms with E-state index in [0.29, 0.717) is 36.8 Å². The molecule has 0 spiro atoms. The zero-order chi connectivity index (χ0) is 22.8. The Morgan fingerprint density at radius 1 is 1.16 bits per heavy atom. The Balaban J connectivity index is 1.90. The third kappa shape index (κ3) is 6.56. The van der Waals surface area contributed by atoms with E-state index in [-0.39, 0.29) is 17.9 Å². The van der Waals surface area contributed by atoms with Gasteiger partial charge in [0.15, 0.2) is 0 Å². The van der Waals surface area contributed by atoms with Gasteiger partial charge in [-0.05, 0) is 55.3 Å². The lowest BCUT2D eigenvalue weighted by atomic mass is 9.94. The van der Waals surface area contributed by atoms with Crippen molar-refractivity contribution in [1.29, 1.82) is 0 Å². The van der Waals surface area contributed by atoms with Gasteiger partial charge in [-0.2, -0.15) is 0 Å². The largest absolute Gasteiger partial charge is 0.497 e. The van der Waals surface area contributed by atoms with E-state index in [1.54, 1.807) is 12.0 Å². The molecule has 0 bridgehead atoms. The van der Waals surface area contributed by atoms with Crippen LogP contribution in [0, 0.1) is 0 Å². The van der Waals surface area contributed by atoms with Crippen LogP contribution in [0.15, 0.2) is 41.8 Å². The minimum atomic E-state index is -0.709. The number of rotatable bonds is 11. The van der Waals surface area contributed by atoms with Gasteiger partial charge in [-0.3, -0.25) is 9.59 Å². The molecule has 0 aliphatic heterocycles. The van der Waals surface area contributed by atoms with Gasteiger partial charge in [0, 0.05) is 25.8 Å². The molecule has 1 aromatic carbocycles. The number of nitrogens with zero attached hydrogens (tertiary/aromatic N) is 1. The number of nitrogens with one attached hydrogen (secondary N) is 1. The molecule has 6 nitrogen and oxygen atoms in total. The minimum Gasteiger partial charge on any atom is -0.497 e. The van der Waals surface area contributed by atoms with Gasteiger partial charge in [0.1, 0.15) is 11.8 Å². The first-order valence-electron chi connectivity index (χ1n) is 11.5. The summed E-state index contributed by atoms with van der Waals surface area (Å²) in [6.07, 6.45) is 6.12. The monoisotopic (exact) mass is 458 g/mol. The molecule has 3 rings (SSSR count). The second kappa shape index (κ2) is 12.6. The van der Waals surface area contributed by atoms with Crippen molar-refractivity contribution < 1.29 is 19.1 Å². The van der Waals surface area contributed by atoms with Gasteiger partial charge in [0.25, 0.3) is 5.91 Å². The van der Waals surface area contributed by atoms with Crippen LogP contribution in [-0.2, 0) is 9.53 Å². The van der Waals surface area contributed by atoms with Crippen molar-refractivity contribution >= 4 is 23.2 Å². The van der Waals surface area contributed by atoms with Gasteiger partial charge >= 0.3 is 0 Å². The lowest BCUT2D eigenvalue weighted by Gasteiger charge is -2.33. The van der Waals surface area contributed by atoms with Crippen LogP contribution in [0.3, 0.4) is 0 Å². The molecule has 0 saturated heterocycles. The Labute approximate surface area is 194 Å². The van der Waals surface area contributed by atoms with E-state index < -0.39 is 6.04 Å². The standard InChI is InChI=1S/C25H34N2O4S/c1-3-31-17-8-16-27(25(29)22-11-7-18-32-22)23(19-12-14-21(30-2)15-13-19)24(28)26-20-9-5-4-6-10-20/h7,11-15,18,20,23H,3-6,8-10,16-17H2,1-2H3,(H,26,28)/t23-/m0/s1. The summed E-state index contributed by atoms with van der Waals surface area (Å²) in [5.74, 6) is 0.465. The Kier molecular flexibility index (Phi) is 9.56. The number of thiophene rings is 1. The smallest absolute Gasteiger partial charge is 0.264 e. The van der Waals surface area contributed by atoms with Crippen LogP contribution in [0.1, 0.15) is 66.7 Å². The quantitative estimate of drug-likeness (QED) is 0.491. The van der Waals surface area contributed by atoms with Gasteiger partial charge < -0.3 is 19.7 Å². The molecular formula is C25H34N2O4S. The van der Waals surface area contributed by atoms with Crippen molar-refractivity contribution in [3.63, 3.8) is 0 Å². The Morgan fingerprint density at radius 3 is 2.53 bits per heavy atom. The molecule has 1 aromatic heterocycles. The van der Waals surface area contributed by atoms with Crippen LogP contribution >= 0.6 is 11.3 Å².